The maximum atomic E-state index is 6.11. The number of para-hydroxylation sites is 2. The summed E-state index contributed by atoms with van der Waals surface area (Å²) in [5.74, 6) is 4.05. The number of benzene rings is 2. The normalized spacial score (nSPS) is 15.0. The van der Waals surface area contributed by atoms with Crippen molar-refractivity contribution in [3.05, 3.63) is 85.2 Å². The van der Waals surface area contributed by atoms with E-state index in [9.17, 15) is 0 Å². The van der Waals surface area contributed by atoms with Crippen LogP contribution in [0.2, 0.25) is 0 Å². The van der Waals surface area contributed by atoms with Crippen LogP contribution in [-0.4, -0.2) is 26.4 Å². The van der Waals surface area contributed by atoms with Gasteiger partial charge in [0.1, 0.15) is 6.61 Å². The smallest absolute Gasteiger partial charge is 0.205 e. The zero-order valence-corrected chi connectivity index (χ0v) is 17.5. The molecule has 0 fully saturated rings. The highest BCUT2D eigenvalue weighted by Crippen LogP contribution is 2.36. The Bertz CT molecular complexity index is 1190. The van der Waals surface area contributed by atoms with Crippen LogP contribution in [-0.2, 0) is 12.3 Å². The second-order valence-corrected chi connectivity index (χ2v) is 7.82. The molecule has 5 rings (SSSR count). The fraction of sp³-hybridized carbons (Fsp3) is 0.174. The topological polar surface area (TPSA) is 75.2 Å². The van der Waals surface area contributed by atoms with Gasteiger partial charge in [-0.05, 0) is 12.1 Å². The van der Waals surface area contributed by atoms with Gasteiger partial charge in [-0.25, -0.2) is 4.98 Å². The van der Waals surface area contributed by atoms with Gasteiger partial charge in [-0.15, -0.1) is 16.8 Å². The number of aromatic nitrogens is 4. The summed E-state index contributed by atoms with van der Waals surface area (Å²) in [4.78, 5) is 4.40. The second-order valence-electron chi connectivity index (χ2n) is 6.88. The number of hydrogen-bond acceptors (Lipinski definition) is 7. The molecule has 0 saturated carbocycles. The molecule has 0 amide bonds. The Kier molecular flexibility index (Phi) is 5.45. The monoisotopic (exact) mass is 432 g/mol. The third-order valence-electron chi connectivity index (χ3n) is 4.79. The minimum absolute atomic E-state index is 0.344. The van der Waals surface area contributed by atoms with E-state index >= 15 is 0 Å². The quantitative estimate of drug-likeness (QED) is 0.303. The van der Waals surface area contributed by atoms with Gasteiger partial charge < -0.3 is 13.9 Å². The summed E-state index contributed by atoms with van der Waals surface area (Å²) in [6.07, 6.45) is 3.21. The summed E-state index contributed by atoms with van der Waals surface area (Å²) in [6, 6.07) is 17.5. The van der Waals surface area contributed by atoms with E-state index < -0.39 is 0 Å². The highest BCUT2D eigenvalue weighted by atomic mass is 32.2. The van der Waals surface area contributed by atoms with Crippen molar-refractivity contribution in [1.29, 1.82) is 0 Å². The Morgan fingerprint density at radius 1 is 1.06 bits per heavy atom. The first-order valence-electron chi connectivity index (χ1n) is 9.87. The van der Waals surface area contributed by atoms with Gasteiger partial charge in [0.2, 0.25) is 5.89 Å². The molecule has 0 radical (unpaired) electrons. The number of rotatable bonds is 7. The molecule has 0 N–H and O–H groups in total. The van der Waals surface area contributed by atoms with E-state index in [1.807, 2.05) is 65.2 Å². The van der Waals surface area contributed by atoms with Crippen LogP contribution >= 0.6 is 11.8 Å². The molecule has 0 aliphatic carbocycles. The lowest BCUT2D eigenvalue weighted by atomic mass is 10.2. The molecular weight excluding hydrogens is 412 g/mol. The van der Waals surface area contributed by atoms with Crippen LogP contribution in [0.3, 0.4) is 0 Å². The van der Waals surface area contributed by atoms with Gasteiger partial charge in [-0.1, -0.05) is 60.3 Å². The lowest BCUT2D eigenvalue weighted by Crippen LogP contribution is -2.25. The van der Waals surface area contributed by atoms with Gasteiger partial charge in [-0.2, -0.15) is 0 Å². The van der Waals surface area contributed by atoms with Crippen molar-refractivity contribution in [3.8, 4) is 22.8 Å². The van der Waals surface area contributed by atoms with Gasteiger partial charge in [-0.3, -0.25) is 4.57 Å². The summed E-state index contributed by atoms with van der Waals surface area (Å²) >= 11 is 1.51. The van der Waals surface area contributed by atoms with Crippen molar-refractivity contribution in [2.24, 2.45) is 0 Å². The predicted molar refractivity (Wildman–Crippen MR) is 117 cm³/mol. The number of allylic oxidation sites excluding steroid dienone is 1. The van der Waals surface area contributed by atoms with E-state index in [1.165, 1.54) is 11.8 Å². The maximum Gasteiger partial charge on any atom is 0.205 e. The van der Waals surface area contributed by atoms with E-state index in [1.54, 1.807) is 6.20 Å². The van der Waals surface area contributed by atoms with E-state index in [2.05, 4.69) is 21.8 Å². The highest BCUT2D eigenvalue weighted by molar-refractivity contribution is 7.98. The van der Waals surface area contributed by atoms with Crippen molar-refractivity contribution < 1.29 is 13.9 Å². The fourth-order valence-corrected chi connectivity index (χ4v) is 4.14. The van der Waals surface area contributed by atoms with Crippen molar-refractivity contribution in [3.63, 3.8) is 0 Å². The average Bonchev–Trinajstić information content (AvgIpc) is 3.45. The van der Waals surface area contributed by atoms with E-state index in [4.69, 9.17) is 13.9 Å². The molecule has 1 aliphatic rings. The molecule has 31 heavy (non-hydrogen) atoms. The Morgan fingerprint density at radius 3 is 2.71 bits per heavy atom. The molecule has 156 valence electrons. The molecule has 4 aromatic rings. The van der Waals surface area contributed by atoms with Crippen LogP contribution in [0, 0.1) is 0 Å². The van der Waals surface area contributed by atoms with Crippen molar-refractivity contribution >= 4 is 11.8 Å². The zero-order chi connectivity index (χ0) is 21.0. The minimum atomic E-state index is -0.344. The fourth-order valence-electron chi connectivity index (χ4n) is 3.33. The van der Waals surface area contributed by atoms with Gasteiger partial charge in [0.25, 0.3) is 0 Å². The minimum Gasteiger partial charge on any atom is -0.485 e. The van der Waals surface area contributed by atoms with Crippen LogP contribution in [0.15, 0.2) is 83.0 Å². The van der Waals surface area contributed by atoms with E-state index in [0.29, 0.717) is 36.4 Å². The molecular formula is C23H20N4O3S. The number of fused-ring (bicyclic) bond motifs is 1. The molecule has 1 atom stereocenters. The van der Waals surface area contributed by atoms with Crippen LogP contribution in [0.5, 0.6) is 11.5 Å². The zero-order valence-electron chi connectivity index (χ0n) is 16.7. The molecule has 3 heterocycles. The second kappa shape index (κ2) is 8.69. The first-order chi connectivity index (χ1) is 15.3. The summed E-state index contributed by atoms with van der Waals surface area (Å²) in [5.41, 5.74) is 0.998. The summed E-state index contributed by atoms with van der Waals surface area (Å²) in [5, 5.41) is 9.50. The van der Waals surface area contributed by atoms with Crippen molar-refractivity contribution in [2.75, 3.05) is 6.61 Å². The van der Waals surface area contributed by atoms with E-state index in [0.717, 1.165) is 22.2 Å². The Hall–Kier alpha value is -3.52. The maximum absolute atomic E-state index is 6.11. The van der Waals surface area contributed by atoms with Crippen molar-refractivity contribution in [2.45, 2.75) is 23.6 Å². The largest absolute Gasteiger partial charge is 0.485 e. The Balaban J connectivity index is 1.32. The summed E-state index contributed by atoms with van der Waals surface area (Å²) < 4.78 is 19.8. The van der Waals surface area contributed by atoms with E-state index in [-0.39, 0.29) is 6.10 Å². The molecule has 1 aliphatic heterocycles. The molecule has 0 spiro atoms. The SMILES string of the molecule is C=CCn1c(SCc2ncc(-c3ccccc3)o2)nnc1[C@H]1COc2ccccc2O1. The summed E-state index contributed by atoms with van der Waals surface area (Å²) in [7, 11) is 0. The predicted octanol–water partition coefficient (Wildman–Crippen LogP) is 4.92. The van der Waals surface area contributed by atoms with Gasteiger partial charge in [0, 0.05) is 12.1 Å². The standard InChI is InChI=1S/C23H20N4O3S/c1-2-12-27-22(20-14-28-17-10-6-7-11-18(17)29-20)25-26-23(27)31-15-21-24-13-19(30-21)16-8-4-3-5-9-16/h2-11,13,20H,1,12,14-15H2/t20-/m1/s1. The van der Waals surface area contributed by atoms with Crippen molar-refractivity contribution in [1.82, 2.24) is 19.7 Å². The van der Waals surface area contributed by atoms with Crippen LogP contribution in [0.4, 0.5) is 0 Å². The number of nitrogens with zero attached hydrogens (tertiary/aromatic N) is 4. The third kappa shape index (κ3) is 4.06. The summed E-state index contributed by atoms with van der Waals surface area (Å²) in [6.45, 7) is 4.80. The van der Waals surface area contributed by atoms with Crippen LogP contribution in [0.1, 0.15) is 17.8 Å². The molecule has 0 bridgehead atoms. The van der Waals surface area contributed by atoms with Crippen LogP contribution < -0.4 is 9.47 Å². The average molecular weight is 433 g/mol. The lowest BCUT2D eigenvalue weighted by molar-refractivity contribution is 0.0821. The lowest BCUT2D eigenvalue weighted by Gasteiger charge is -2.26. The Labute approximate surface area is 183 Å². The highest BCUT2D eigenvalue weighted by Gasteiger charge is 2.28. The molecule has 2 aromatic carbocycles. The Morgan fingerprint density at radius 2 is 1.87 bits per heavy atom. The number of thioether (sulfide) groups is 1. The van der Waals surface area contributed by atoms with Gasteiger partial charge in [0.05, 0.1) is 11.9 Å². The van der Waals surface area contributed by atoms with Crippen LogP contribution in [0.25, 0.3) is 11.3 Å². The molecule has 2 aromatic heterocycles. The number of ether oxygens (including phenoxy) is 2. The van der Waals surface area contributed by atoms with Gasteiger partial charge >= 0.3 is 0 Å². The molecule has 7 nitrogen and oxygen atoms in total. The van der Waals surface area contributed by atoms with Gasteiger partial charge in [0.15, 0.2) is 34.3 Å². The molecule has 0 saturated heterocycles. The number of oxazole rings is 1. The first-order valence-corrected chi connectivity index (χ1v) is 10.9. The molecule has 8 heteroatoms. The third-order valence-corrected chi connectivity index (χ3v) is 5.74. The molecule has 0 unspecified atom stereocenters. The first kappa shape index (κ1) is 19.4. The number of hydrogen-bond donors (Lipinski definition) is 0.